The summed E-state index contributed by atoms with van der Waals surface area (Å²) in [5.74, 6) is -0.823. The molecule has 1 aliphatic carbocycles. The summed E-state index contributed by atoms with van der Waals surface area (Å²) in [6.45, 7) is 3.98. The van der Waals surface area contributed by atoms with Crippen LogP contribution in [0.25, 0.3) is 0 Å². The molecule has 0 unspecified atom stereocenters. The van der Waals surface area contributed by atoms with E-state index in [1.807, 2.05) is 13.8 Å². The van der Waals surface area contributed by atoms with Crippen molar-refractivity contribution in [3.63, 3.8) is 0 Å². The molecule has 0 heterocycles. The van der Waals surface area contributed by atoms with Crippen LogP contribution >= 0.6 is 0 Å². The first-order chi connectivity index (χ1) is 8.95. The Bertz CT molecular complexity index is 316. The van der Waals surface area contributed by atoms with E-state index in [9.17, 15) is 9.59 Å². The van der Waals surface area contributed by atoms with Crippen molar-refractivity contribution in [2.24, 2.45) is 5.92 Å². The highest BCUT2D eigenvalue weighted by atomic mass is 16.4. The molecule has 6 heteroatoms. The Hall–Kier alpha value is -1.30. The van der Waals surface area contributed by atoms with Gasteiger partial charge in [0.1, 0.15) is 6.04 Å². The average Bonchev–Trinajstić information content (AvgIpc) is 2.24. The fraction of sp³-hybridized carbons (Fsp3) is 0.846. The molecule has 2 amide bonds. The third-order valence-electron chi connectivity index (χ3n) is 3.42. The van der Waals surface area contributed by atoms with E-state index >= 15 is 0 Å². The van der Waals surface area contributed by atoms with E-state index in [0.29, 0.717) is 6.42 Å². The number of urea groups is 1. The van der Waals surface area contributed by atoms with Crippen LogP contribution in [0.3, 0.4) is 0 Å². The van der Waals surface area contributed by atoms with Crippen molar-refractivity contribution in [3.05, 3.63) is 0 Å². The standard InChI is InChI=1S/C13H24N2O4/c1-9(2)8-11(12(17)18)14-13(19)15(6-7-16)10-4-3-5-10/h9-11,16H,3-8H2,1-2H3,(H,14,19)(H,17,18)/t11-/m1/s1. The fourth-order valence-corrected chi connectivity index (χ4v) is 2.18. The predicted octanol–water partition coefficient (Wildman–Crippen LogP) is 1.04. The number of hydrogen-bond acceptors (Lipinski definition) is 3. The maximum Gasteiger partial charge on any atom is 0.326 e. The van der Waals surface area contributed by atoms with Gasteiger partial charge < -0.3 is 20.4 Å². The molecule has 0 aromatic heterocycles. The predicted molar refractivity (Wildman–Crippen MR) is 70.8 cm³/mol. The van der Waals surface area contributed by atoms with Crippen LogP contribution in [0.15, 0.2) is 0 Å². The van der Waals surface area contributed by atoms with Crippen molar-refractivity contribution in [1.29, 1.82) is 0 Å². The van der Waals surface area contributed by atoms with Gasteiger partial charge in [-0.05, 0) is 31.6 Å². The number of hydrogen-bond donors (Lipinski definition) is 3. The number of carboxylic acid groups (broad SMARTS) is 1. The van der Waals surface area contributed by atoms with Gasteiger partial charge in [-0.15, -0.1) is 0 Å². The van der Waals surface area contributed by atoms with Crippen LogP contribution in [0.2, 0.25) is 0 Å². The van der Waals surface area contributed by atoms with Gasteiger partial charge in [0.05, 0.1) is 6.61 Å². The zero-order chi connectivity index (χ0) is 14.4. The summed E-state index contributed by atoms with van der Waals surface area (Å²) in [5.41, 5.74) is 0. The molecule has 6 nitrogen and oxygen atoms in total. The summed E-state index contributed by atoms with van der Waals surface area (Å²) < 4.78 is 0. The van der Waals surface area contributed by atoms with Gasteiger partial charge in [-0.25, -0.2) is 9.59 Å². The smallest absolute Gasteiger partial charge is 0.326 e. The molecule has 0 bridgehead atoms. The molecule has 1 fully saturated rings. The molecule has 1 aliphatic rings. The van der Waals surface area contributed by atoms with Gasteiger partial charge in [-0.3, -0.25) is 0 Å². The topological polar surface area (TPSA) is 89.9 Å². The number of aliphatic hydroxyl groups is 1. The Morgan fingerprint density at radius 2 is 2.00 bits per heavy atom. The Morgan fingerprint density at radius 1 is 1.37 bits per heavy atom. The summed E-state index contributed by atoms with van der Waals surface area (Å²) >= 11 is 0. The molecule has 0 aromatic rings. The van der Waals surface area contributed by atoms with E-state index in [1.54, 1.807) is 4.90 Å². The second kappa shape index (κ2) is 7.33. The minimum atomic E-state index is -1.01. The number of carboxylic acids is 1. The highest BCUT2D eigenvalue weighted by molar-refractivity contribution is 5.82. The lowest BCUT2D eigenvalue weighted by Gasteiger charge is -2.37. The minimum Gasteiger partial charge on any atom is -0.480 e. The summed E-state index contributed by atoms with van der Waals surface area (Å²) in [6, 6.07) is -1.11. The first-order valence-corrected chi connectivity index (χ1v) is 6.86. The van der Waals surface area contributed by atoms with Crippen molar-refractivity contribution in [3.8, 4) is 0 Å². The van der Waals surface area contributed by atoms with Gasteiger partial charge in [-0.1, -0.05) is 13.8 Å². The lowest BCUT2D eigenvalue weighted by molar-refractivity contribution is -0.139. The Balaban J connectivity index is 2.59. The highest BCUT2D eigenvalue weighted by Crippen LogP contribution is 2.24. The third kappa shape index (κ3) is 4.70. The van der Waals surface area contributed by atoms with Crippen LogP contribution in [-0.2, 0) is 4.79 Å². The third-order valence-corrected chi connectivity index (χ3v) is 3.42. The Labute approximate surface area is 113 Å². The molecule has 1 atom stereocenters. The van der Waals surface area contributed by atoms with E-state index in [1.165, 1.54) is 0 Å². The summed E-state index contributed by atoms with van der Waals surface area (Å²) in [7, 11) is 0. The lowest BCUT2D eigenvalue weighted by Crippen LogP contribution is -2.54. The molecule has 0 spiro atoms. The molecular formula is C13H24N2O4. The van der Waals surface area contributed by atoms with E-state index in [2.05, 4.69) is 5.32 Å². The van der Waals surface area contributed by atoms with Crippen LogP contribution in [0.5, 0.6) is 0 Å². The van der Waals surface area contributed by atoms with Crippen LogP contribution in [0.4, 0.5) is 4.79 Å². The van der Waals surface area contributed by atoms with Gasteiger partial charge in [0, 0.05) is 12.6 Å². The molecule has 1 saturated carbocycles. The van der Waals surface area contributed by atoms with Crippen LogP contribution in [-0.4, -0.2) is 52.3 Å². The van der Waals surface area contributed by atoms with Gasteiger partial charge in [0.2, 0.25) is 0 Å². The van der Waals surface area contributed by atoms with Crippen LogP contribution in [0, 0.1) is 5.92 Å². The molecular weight excluding hydrogens is 248 g/mol. The van der Waals surface area contributed by atoms with Gasteiger partial charge in [0.15, 0.2) is 0 Å². The van der Waals surface area contributed by atoms with Crippen molar-refractivity contribution < 1.29 is 19.8 Å². The molecule has 0 aliphatic heterocycles. The average molecular weight is 272 g/mol. The largest absolute Gasteiger partial charge is 0.480 e. The normalized spacial score (nSPS) is 16.8. The second-order valence-corrected chi connectivity index (χ2v) is 5.47. The summed E-state index contributed by atoms with van der Waals surface area (Å²) in [5, 5.41) is 20.7. The molecule has 0 radical (unpaired) electrons. The molecule has 19 heavy (non-hydrogen) atoms. The van der Waals surface area contributed by atoms with Crippen LogP contribution in [0.1, 0.15) is 39.5 Å². The summed E-state index contributed by atoms with van der Waals surface area (Å²) in [4.78, 5) is 24.8. The molecule has 3 N–H and O–H groups in total. The molecule has 0 aromatic carbocycles. The number of aliphatic hydroxyl groups excluding tert-OH is 1. The summed E-state index contributed by atoms with van der Waals surface area (Å²) in [6.07, 6.45) is 3.33. The van der Waals surface area contributed by atoms with Crippen molar-refractivity contribution in [2.75, 3.05) is 13.2 Å². The van der Waals surface area contributed by atoms with Crippen molar-refractivity contribution in [2.45, 2.75) is 51.6 Å². The zero-order valence-electron chi connectivity index (χ0n) is 11.6. The van der Waals surface area contributed by atoms with E-state index in [-0.39, 0.29) is 31.1 Å². The highest BCUT2D eigenvalue weighted by Gasteiger charge is 2.30. The minimum absolute atomic E-state index is 0.105. The number of amides is 2. The van der Waals surface area contributed by atoms with Gasteiger partial charge in [0.25, 0.3) is 0 Å². The maximum absolute atomic E-state index is 12.1. The van der Waals surface area contributed by atoms with E-state index < -0.39 is 12.0 Å². The Morgan fingerprint density at radius 3 is 2.37 bits per heavy atom. The molecule has 1 rings (SSSR count). The zero-order valence-corrected chi connectivity index (χ0v) is 11.6. The SMILES string of the molecule is CC(C)C[C@@H](NC(=O)N(CCO)C1CCC1)C(=O)O. The number of nitrogens with zero attached hydrogens (tertiary/aromatic N) is 1. The Kier molecular flexibility index (Phi) is 6.08. The van der Waals surface area contributed by atoms with E-state index in [4.69, 9.17) is 10.2 Å². The van der Waals surface area contributed by atoms with Crippen molar-refractivity contribution in [1.82, 2.24) is 10.2 Å². The van der Waals surface area contributed by atoms with Crippen LogP contribution < -0.4 is 5.32 Å². The number of rotatable bonds is 7. The second-order valence-electron chi connectivity index (χ2n) is 5.47. The number of carbonyl (C=O) groups is 2. The first kappa shape index (κ1) is 15.8. The first-order valence-electron chi connectivity index (χ1n) is 6.86. The number of carbonyl (C=O) groups excluding carboxylic acids is 1. The van der Waals surface area contributed by atoms with Gasteiger partial charge in [-0.2, -0.15) is 0 Å². The monoisotopic (exact) mass is 272 g/mol. The van der Waals surface area contributed by atoms with Gasteiger partial charge >= 0.3 is 12.0 Å². The fourth-order valence-electron chi connectivity index (χ4n) is 2.18. The number of aliphatic carboxylic acids is 1. The quantitative estimate of drug-likeness (QED) is 0.646. The molecule has 0 saturated heterocycles. The maximum atomic E-state index is 12.1. The lowest BCUT2D eigenvalue weighted by atomic mass is 9.91. The number of nitrogens with one attached hydrogen (secondary N) is 1. The molecule has 110 valence electrons. The van der Waals surface area contributed by atoms with Crippen molar-refractivity contribution >= 4 is 12.0 Å². The van der Waals surface area contributed by atoms with E-state index in [0.717, 1.165) is 19.3 Å².